The molecule has 3 rings (SSSR count). The number of para-hydroxylation sites is 2. The van der Waals surface area contributed by atoms with Crippen molar-refractivity contribution in [1.82, 2.24) is 15.5 Å². The van der Waals surface area contributed by atoms with Crippen LogP contribution < -0.4 is 10.1 Å². The van der Waals surface area contributed by atoms with Gasteiger partial charge in [0, 0.05) is 11.6 Å². The highest BCUT2D eigenvalue weighted by molar-refractivity contribution is 5.78. The second-order valence-corrected chi connectivity index (χ2v) is 6.62. The van der Waals surface area contributed by atoms with E-state index in [-0.39, 0.29) is 29.9 Å². The summed E-state index contributed by atoms with van der Waals surface area (Å²) in [6.45, 7) is 3.42. The molecule has 29 heavy (non-hydrogen) atoms. The van der Waals surface area contributed by atoms with Crippen molar-refractivity contribution in [2.75, 3.05) is 6.61 Å². The van der Waals surface area contributed by atoms with Crippen LogP contribution in [0.3, 0.4) is 0 Å². The van der Waals surface area contributed by atoms with Gasteiger partial charge in [-0.05, 0) is 12.0 Å². The first-order valence-electron chi connectivity index (χ1n) is 9.00. The van der Waals surface area contributed by atoms with Crippen molar-refractivity contribution in [3.63, 3.8) is 0 Å². The van der Waals surface area contributed by atoms with Gasteiger partial charge in [0.25, 0.3) is 5.91 Å². The van der Waals surface area contributed by atoms with Gasteiger partial charge in [0.1, 0.15) is 6.04 Å². The highest BCUT2D eigenvalue weighted by Crippen LogP contribution is 2.26. The fraction of sp³-hybridized carbons (Fsp3) is 0.250. The fourth-order valence-electron chi connectivity index (χ4n) is 2.67. The predicted octanol–water partition coefficient (Wildman–Crippen LogP) is 3.54. The second-order valence-electron chi connectivity index (χ2n) is 6.62. The lowest BCUT2D eigenvalue weighted by atomic mass is 10.0. The Balaban J connectivity index is 1.68. The summed E-state index contributed by atoms with van der Waals surface area (Å²) in [5.41, 5.74) is 0.598. The van der Waals surface area contributed by atoms with Crippen LogP contribution in [0.25, 0.3) is 11.4 Å². The number of hydrogen-bond donors (Lipinski definition) is 1. The number of nitro groups is 1. The van der Waals surface area contributed by atoms with Crippen LogP contribution in [-0.2, 0) is 4.79 Å². The van der Waals surface area contributed by atoms with Crippen LogP contribution in [-0.4, -0.2) is 27.6 Å². The normalized spacial score (nSPS) is 11.8. The molecule has 1 amide bonds. The van der Waals surface area contributed by atoms with Crippen molar-refractivity contribution in [3.05, 3.63) is 70.6 Å². The summed E-state index contributed by atoms with van der Waals surface area (Å²) in [6.07, 6.45) is 0. The van der Waals surface area contributed by atoms with Crippen LogP contribution in [0.5, 0.6) is 5.75 Å². The average molecular weight is 396 g/mol. The number of ether oxygens (including phenoxy) is 1. The lowest BCUT2D eigenvalue weighted by Crippen LogP contribution is -2.35. The zero-order valence-corrected chi connectivity index (χ0v) is 15.9. The number of carbonyl (C=O) groups excluding carboxylic acids is 1. The van der Waals surface area contributed by atoms with Crippen LogP contribution >= 0.6 is 0 Å². The number of nitrogens with zero attached hydrogens (tertiary/aromatic N) is 3. The Labute approximate surface area is 166 Å². The lowest BCUT2D eigenvalue weighted by molar-refractivity contribution is -0.385. The Kier molecular flexibility index (Phi) is 6.18. The van der Waals surface area contributed by atoms with Gasteiger partial charge in [0.2, 0.25) is 11.7 Å². The number of nitrogens with one attached hydrogen (secondary N) is 1. The van der Waals surface area contributed by atoms with E-state index in [9.17, 15) is 14.9 Å². The third-order valence-electron chi connectivity index (χ3n) is 4.14. The quantitative estimate of drug-likeness (QED) is 0.457. The van der Waals surface area contributed by atoms with Gasteiger partial charge >= 0.3 is 5.69 Å². The minimum Gasteiger partial charge on any atom is -0.477 e. The molecule has 0 saturated heterocycles. The molecule has 0 radical (unpaired) electrons. The molecule has 0 fully saturated rings. The van der Waals surface area contributed by atoms with Gasteiger partial charge in [-0.15, -0.1) is 0 Å². The van der Waals surface area contributed by atoms with E-state index in [4.69, 9.17) is 9.26 Å². The highest BCUT2D eigenvalue weighted by Gasteiger charge is 2.25. The van der Waals surface area contributed by atoms with E-state index in [0.29, 0.717) is 5.82 Å². The van der Waals surface area contributed by atoms with Gasteiger partial charge in [0.05, 0.1) is 4.92 Å². The zero-order chi connectivity index (χ0) is 20.8. The summed E-state index contributed by atoms with van der Waals surface area (Å²) in [4.78, 5) is 27.2. The van der Waals surface area contributed by atoms with Gasteiger partial charge in [-0.25, -0.2) is 0 Å². The smallest absolute Gasteiger partial charge is 0.310 e. The first-order valence-corrected chi connectivity index (χ1v) is 9.00. The molecule has 0 bridgehead atoms. The Bertz CT molecular complexity index is 987. The Hall–Kier alpha value is -3.75. The number of benzene rings is 2. The number of carbonyl (C=O) groups is 1. The van der Waals surface area contributed by atoms with E-state index < -0.39 is 16.9 Å². The minimum atomic E-state index is -0.562. The summed E-state index contributed by atoms with van der Waals surface area (Å²) in [6, 6.07) is 14.7. The van der Waals surface area contributed by atoms with E-state index in [1.54, 1.807) is 6.07 Å². The summed E-state index contributed by atoms with van der Waals surface area (Å²) in [5, 5.41) is 17.8. The molecular weight excluding hydrogens is 376 g/mol. The highest BCUT2D eigenvalue weighted by atomic mass is 16.6. The van der Waals surface area contributed by atoms with E-state index in [0.717, 1.165) is 5.56 Å². The standard InChI is InChI=1S/C20H20N4O5/c1-13(2)18(20-22-19(23-29-20)14-8-4-3-5-9-14)21-17(25)12-28-16-11-7-6-10-15(16)24(26)27/h3-11,13,18H,12H2,1-2H3,(H,21,25)/t18-/m1/s1. The average Bonchev–Trinajstić information content (AvgIpc) is 3.21. The monoisotopic (exact) mass is 396 g/mol. The molecule has 0 unspecified atom stereocenters. The number of nitro benzene ring substituents is 1. The van der Waals surface area contributed by atoms with Crippen molar-refractivity contribution in [3.8, 4) is 17.1 Å². The molecule has 9 heteroatoms. The van der Waals surface area contributed by atoms with Crippen molar-refractivity contribution in [2.45, 2.75) is 19.9 Å². The molecule has 0 spiro atoms. The van der Waals surface area contributed by atoms with Gasteiger partial charge in [-0.1, -0.05) is 61.5 Å². The summed E-state index contributed by atoms with van der Waals surface area (Å²) in [5.74, 6) is 0.239. The fourth-order valence-corrected chi connectivity index (χ4v) is 2.67. The maximum atomic E-state index is 12.4. The van der Waals surface area contributed by atoms with Gasteiger partial charge in [-0.2, -0.15) is 4.98 Å². The summed E-state index contributed by atoms with van der Waals surface area (Å²) < 4.78 is 10.7. The first kappa shape index (κ1) is 20.0. The largest absolute Gasteiger partial charge is 0.477 e. The molecule has 0 aliphatic rings. The zero-order valence-electron chi connectivity index (χ0n) is 15.9. The maximum Gasteiger partial charge on any atom is 0.310 e. The second kappa shape index (κ2) is 8.96. The Morgan fingerprint density at radius 2 is 1.86 bits per heavy atom. The van der Waals surface area contributed by atoms with Crippen molar-refractivity contribution < 1.29 is 19.0 Å². The number of hydrogen-bond acceptors (Lipinski definition) is 7. The third-order valence-corrected chi connectivity index (χ3v) is 4.14. The molecule has 2 aromatic carbocycles. The molecule has 0 aliphatic heterocycles. The molecule has 150 valence electrons. The van der Waals surface area contributed by atoms with Crippen LogP contribution in [0, 0.1) is 16.0 Å². The van der Waals surface area contributed by atoms with Crippen LogP contribution in [0.15, 0.2) is 59.1 Å². The predicted molar refractivity (Wildman–Crippen MR) is 104 cm³/mol. The third kappa shape index (κ3) is 4.95. The molecular formula is C20H20N4O5. The number of aromatic nitrogens is 2. The number of amides is 1. The molecule has 0 aliphatic carbocycles. The summed E-state index contributed by atoms with van der Waals surface area (Å²) >= 11 is 0. The lowest BCUT2D eigenvalue weighted by Gasteiger charge is -2.18. The van der Waals surface area contributed by atoms with Crippen molar-refractivity contribution in [1.29, 1.82) is 0 Å². The topological polar surface area (TPSA) is 120 Å². The van der Waals surface area contributed by atoms with E-state index >= 15 is 0 Å². The summed E-state index contributed by atoms with van der Waals surface area (Å²) in [7, 11) is 0. The van der Waals surface area contributed by atoms with E-state index in [1.165, 1.54) is 18.2 Å². The van der Waals surface area contributed by atoms with Crippen molar-refractivity contribution >= 4 is 11.6 Å². The van der Waals surface area contributed by atoms with Gasteiger partial charge < -0.3 is 14.6 Å². The van der Waals surface area contributed by atoms with Gasteiger partial charge in [-0.3, -0.25) is 14.9 Å². The Morgan fingerprint density at radius 3 is 2.55 bits per heavy atom. The van der Waals surface area contributed by atoms with Gasteiger partial charge in [0.15, 0.2) is 12.4 Å². The molecule has 3 aromatic rings. The Morgan fingerprint density at radius 1 is 1.17 bits per heavy atom. The van der Waals surface area contributed by atoms with E-state index in [2.05, 4.69) is 15.5 Å². The van der Waals surface area contributed by atoms with Crippen LogP contribution in [0.1, 0.15) is 25.8 Å². The molecule has 9 nitrogen and oxygen atoms in total. The maximum absolute atomic E-state index is 12.4. The first-order chi connectivity index (χ1) is 14.0. The van der Waals surface area contributed by atoms with Crippen molar-refractivity contribution in [2.24, 2.45) is 5.92 Å². The minimum absolute atomic E-state index is 0.0258. The van der Waals surface area contributed by atoms with Crippen LogP contribution in [0.2, 0.25) is 0 Å². The van der Waals surface area contributed by atoms with Crippen LogP contribution in [0.4, 0.5) is 5.69 Å². The number of rotatable bonds is 8. The molecule has 1 N–H and O–H groups in total. The molecule has 1 aromatic heterocycles. The molecule has 1 heterocycles. The molecule has 0 saturated carbocycles. The SMILES string of the molecule is CC(C)[C@@H](NC(=O)COc1ccccc1[N+](=O)[O-])c1nc(-c2ccccc2)no1. The van der Waals surface area contributed by atoms with E-state index in [1.807, 2.05) is 44.2 Å². The molecule has 1 atom stereocenters.